The van der Waals surface area contributed by atoms with Gasteiger partial charge in [-0.05, 0) is 30.9 Å². The summed E-state index contributed by atoms with van der Waals surface area (Å²) in [5.74, 6) is 0.160. The van der Waals surface area contributed by atoms with Crippen molar-refractivity contribution in [2.45, 2.75) is 32.1 Å². The van der Waals surface area contributed by atoms with Crippen LogP contribution in [0.4, 0.5) is 11.4 Å². The number of nitro benzene ring substituents is 1. The molecule has 0 aromatic heterocycles. The number of hydrogen-bond donors (Lipinski definition) is 1. The number of amides is 1. The Morgan fingerprint density at radius 2 is 2.05 bits per heavy atom. The lowest BCUT2D eigenvalue weighted by Crippen LogP contribution is -2.33. The van der Waals surface area contributed by atoms with E-state index >= 15 is 0 Å². The smallest absolute Gasteiger partial charge is 0.304 e. The summed E-state index contributed by atoms with van der Waals surface area (Å²) >= 11 is 0. The van der Waals surface area contributed by atoms with Gasteiger partial charge in [0.25, 0.3) is 5.91 Å². The number of carbonyl (C=O) groups excluding carboxylic acids is 1. The number of hydrogen-bond acceptors (Lipinski definition) is 4. The van der Waals surface area contributed by atoms with Crippen LogP contribution in [-0.2, 0) is 0 Å². The molecule has 6 nitrogen and oxygen atoms in total. The molecule has 0 saturated heterocycles. The van der Waals surface area contributed by atoms with Gasteiger partial charge >= 0.3 is 5.69 Å². The molecule has 2 N–H and O–H groups in total. The van der Waals surface area contributed by atoms with Gasteiger partial charge in [-0.2, -0.15) is 0 Å². The molecule has 6 heteroatoms. The van der Waals surface area contributed by atoms with Crippen molar-refractivity contribution in [2.24, 2.45) is 5.92 Å². The van der Waals surface area contributed by atoms with Crippen molar-refractivity contribution < 1.29 is 9.72 Å². The Labute approximate surface area is 124 Å². The first kappa shape index (κ1) is 15.3. The third kappa shape index (κ3) is 3.51. The molecule has 2 rings (SSSR count). The molecule has 0 bridgehead atoms. The summed E-state index contributed by atoms with van der Waals surface area (Å²) in [5.41, 5.74) is 5.43. The number of carbonyl (C=O) groups is 1. The van der Waals surface area contributed by atoms with Crippen molar-refractivity contribution in [3.63, 3.8) is 0 Å². The van der Waals surface area contributed by atoms with Crippen LogP contribution in [0.3, 0.4) is 0 Å². The van der Waals surface area contributed by atoms with E-state index in [-0.39, 0.29) is 22.8 Å². The number of para-hydroxylation sites is 1. The Morgan fingerprint density at radius 1 is 1.38 bits per heavy atom. The number of benzene rings is 1. The summed E-state index contributed by atoms with van der Waals surface area (Å²) in [6, 6.07) is 4.48. The first-order valence-corrected chi connectivity index (χ1v) is 7.29. The average molecular weight is 291 g/mol. The molecule has 21 heavy (non-hydrogen) atoms. The van der Waals surface area contributed by atoms with E-state index in [1.807, 2.05) is 0 Å². The van der Waals surface area contributed by atoms with Crippen molar-refractivity contribution in [1.29, 1.82) is 0 Å². The van der Waals surface area contributed by atoms with Gasteiger partial charge in [-0.25, -0.2) is 0 Å². The second kappa shape index (κ2) is 6.56. The zero-order valence-electron chi connectivity index (χ0n) is 12.2. The fourth-order valence-electron chi connectivity index (χ4n) is 2.98. The van der Waals surface area contributed by atoms with E-state index in [1.54, 1.807) is 18.0 Å². The summed E-state index contributed by atoms with van der Waals surface area (Å²) < 4.78 is 0. The highest BCUT2D eigenvalue weighted by atomic mass is 16.6. The van der Waals surface area contributed by atoms with Gasteiger partial charge in [0, 0.05) is 13.6 Å². The lowest BCUT2D eigenvalue weighted by atomic mass is 9.89. The van der Waals surface area contributed by atoms with E-state index in [0.717, 1.165) is 12.8 Å². The summed E-state index contributed by atoms with van der Waals surface area (Å²) in [6.07, 6.45) is 5.90. The largest absolute Gasteiger partial charge is 0.393 e. The molecule has 0 atom stereocenters. The third-order valence-corrected chi connectivity index (χ3v) is 4.08. The predicted octanol–water partition coefficient (Wildman–Crippen LogP) is 2.83. The SMILES string of the molecule is CN(CC1CCCCC1)C(=O)c1cccc(N)c1[N+](=O)[O-]. The average Bonchev–Trinajstić information content (AvgIpc) is 2.46. The first-order valence-electron chi connectivity index (χ1n) is 7.29. The molecule has 1 aliphatic carbocycles. The molecule has 1 aliphatic rings. The van der Waals surface area contributed by atoms with Crippen LogP contribution >= 0.6 is 0 Å². The first-order chi connectivity index (χ1) is 10.0. The normalized spacial score (nSPS) is 15.7. The molecule has 0 radical (unpaired) electrons. The molecule has 1 amide bonds. The van der Waals surface area contributed by atoms with E-state index in [4.69, 9.17) is 5.73 Å². The molecule has 0 spiro atoms. The van der Waals surface area contributed by atoms with Crippen molar-refractivity contribution in [3.8, 4) is 0 Å². The topological polar surface area (TPSA) is 89.5 Å². The van der Waals surface area contributed by atoms with Crippen LogP contribution in [0, 0.1) is 16.0 Å². The van der Waals surface area contributed by atoms with Crippen molar-refractivity contribution in [3.05, 3.63) is 33.9 Å². The van der Waals surface area contributed by atoms with Gasteiger partial charge in [0.05, 0.1) is 4.92 Å². The molecule has 1 aromatic rings. The summed E-state index contributed by atoms with van der Waals surface area (Å²) in [6.45, 7) is 0.644. The van der Waals surface area contributed by atoms with Gasteiger partial charge in [0.2, 0.25) is 0 Å². The molecule has 1 aromatic carbocycles. The molecular weight excluding hydrogens is 270 g/mol. The van der Waals surface area contributed by atoms with E-state index < -0.39 is 4.92 Å². The molecule has 1 saturated carbocycles. The fraction of sp³-hybridized carbons (Fsp3) is 0.533. The number of nitro groups is 1. The second-order valence-corrected chi connectivity index (χ2v) is 5.69. The molecular formula is C15H21N3O3. The molecule has 0 heterocycles. The van der Waals surface area contributed by atoms with Crippen LogP contribution < -0.4 is 5.73 Å². The second-order valence-electron chi connectivity index (χ2n) is 5.69. The number of nitrogen functional groups attached to an aromatic ring is 1. The number of rotatable bonds is 4. The minimum Gasteiger partial charge on any atom is -0.393 e. The maximum atomic E-state index is 12.5. The van der Waals surface area contributed by atoms with Crippen LogP contribution in [0.1, 0.15) is 42.5 Å². The zero-order valence-corrected chi connectivity index (χ0v) is 12.2. The Morgan fingerprint density at radius 3 is 2.67 bits per heavy atom. The number of nitrogens with zero attached hydrogens (tertiary/aromatic N) is 2. The Balaban J connectivity index is 2.15. The minimum absolute atomic E-state index is 0.0249. The maximum Gasteiger partial charge on any atom is 0.304 e. The highest BCUT2D eigenvalue weighted by molar-refractivity contribution is 6.00. The molecule has 1 fully saturated rings. The monoisotopic (exact) mass is 291 g/mol. The number of nitrogens with two attached hydrogens (primary N) is 1. The third-order valence-electron chi connectivity index (χ3n) is 4.08. The van der Waals surface area contributed by atoms with Gasteiger partial charge in [0.1, 0.15) is 11.3 Å². The van der Waals surface area contributed by atoms with Crippen molar-refractivity contribution in [1.82, 2.24) is 4.90 Å². The standard InChI is InChI=1S/C15H21N3O3/c1-17(10-11-6-3-2-4-7-11)15(19)12-8-5-9-13(16)14(12)18(20)21/h5,8-9,11H,2-4,6-7,10,16H2,1H3. The quantitative estimate of drug-likeness (QED) is 0.524. The highest BCUT2D eigenvalue weighted by Gasteiger charge is 2.26. The van der Waals surface area contributed by atoms with E-state index in [0.29, 0.717) is 12.5 Å². The lowest BCUT2D eigenvalue weighted by molar-refractivity contribution is -0.384. The van der Waals surface area contributed by atoms with Crippen LogP contribution in [0.15, 0.2) is 18.2 Å². The molecule has 0 unspecified atom stereocenters. The van der Waals surface area contributed by atoms with Gasteiger partial charge in [-0.15, -0.1) is 0 Å². The van der Waals surface area contributed by atoms with Crippen LogP contribution in [0.25, 0.3) is 0 Å². The van der Waals surface area contributed by atoms with Crippen molar-refractivity contribution >= 4 is 17.3 Å². The van der Waals surface area contributed by atoms with Gasteiger partial charge in [0.15, 0.2) is 0 Å². The minimum atomic E-state index is -0.586. The van der Waals surface area contributed by atoms with E-state index in [2.05, 4.69) is 0 Å². The van der Waals surface area contributed by atoms with Gasteiger partial charge < -0.3 is 10.6 Å². The van der Waals surface area contributed by atoms with Crippen molar-refractivity contribution in [2.75, 3.05) is 19.3 Å². The zero-order chi connectivity index (χ0) is 15.4. The van der Waals surface area contributed by atoms with Gasteiger partial charge in [-0.3, -0.25) is 14.9 Å². The fourth-order valence-corrected chi connectivity index (χ4v) is 2.98. The van der Waals surface area contributed by atoms with Gasteiger partial charge in [-0.1, -0.05) is 25.3 Å². The van der Waals surface area contributed by atoms with E-state index in [9.17, 15) is 14.9 Å². The predicted molar refractivity (Wildman–Crippen MR) is 81.0 cm³/mol. The molecule has 114 valence electrons. The summed E-state index contributed by atoms with van der Waals surface area (Å²) in [7, 11) is 1.70. The maximum absolute atomic E-state index is 12.5. The lowest BCUT2D eigenvalue weighted by Gasteiger charge is -2.27. The van der Waals surface area contributed by atoms with Crippen LogP contribution in [0.5, 0.6) is 0 Å². The Bertz CT molecular complexity index is 539. The Kier molecular flexibility index (Phi) is 4.77. The summed E-state index contributed by atoms with van der Waals surface area (Å²) in [5, 5.41) is 11.1. The molecule has 0 aliphatic heterocycles. The highest BCUT2D eigenvalue weighted by Crippen LogP contribution is 2.28. The number of anilines is 1. The van der Waals surface area contributed by atoms with Crippen LogP contribution in [-0.4, -0.2) is 29.3 Å². The summed E-state index contributed by atoms with van der Waals surface area (Å²) in [4.78, 5) is 24.6. The van der Waals surface area contributed by atoms with Crippen LogP contribution in [0.2, 0.25) is 0 Å². The van der Waals surface area contributed by atoms with E-state index in [1.165, 1.54) is 31.4 Å². The Hall–Kier alpha value is -2.11.